The minimum absolute atomic E-state index is 0.0852. The number of piperazine rings is 1. The fourth-order valence-electron chi connectivity index (χ4n) is 6.14. The molecule has 2 aliphatic heterocycles. The van der Waals surface area contributed by atoms with Crippen LogP contribution in [0.4, 0.5) is 16.2 Å². The Bertz CT molecular complexity index is 1430. The summed E-state index contributed by atoms with van der Waals surface area (Å²) in [7, 11) is 2.93. The Hall–Kier alpha value is -4.81. The van der Waals surface area contributed by atoms with E-state index in [1.54, 1.807) is 16.9 Å². The van der Waals surface area contributed by atoms with E-state index in [4.69, 9.17) is 9.47 Å². The standard InChI is InChI=1S/C34H45N5O8/c1-4-5-11-25(35-30(40)16-15-23-22-39(34(45)47-3)27-12-7-6-10-24(23)27)32(42)36-26(33(43)44)21-31(41)38-19-17-37(18-20-38)28-13-8-9-14-29(28)46-2/h6-10,12-14,23,25-26H,4-5,11,15-22H2,1-3H3,(H,35,40)(H,36,42)(H,43,44). The summed E-state index contributed by atoms with van der Waals surface area (Å²) in [5.74, 6) is -2.04. The maximum absolute atomic E-state index is 13.3. The molecular weight excluding hydrogens is 606 g/mol. The van der Waals surface area contributed by atoms with Gasteiger partial charge in [-0.3, -0.25) is 19.3 Å². The van der Waals surface area contributed by atoms with Crippen LogP contribution in [-0.4, -0.2) is 98.8 Å². The van der Waals surface area contributed by atoms with Gasteiger partial charge in [-0.2, -0.15) is 0 Å². The molecule has 47 heavy (non-hydrogen) atoms. The van der Waals surface area contributed by atoms with E-state index in [-0.39, 0.29) is 24.2 Å². The number of aliphatic carboxylic acids is 1. The van der Waals surface area contributed by atoms with Crippen molar-refractivity contribution in [3.8, 4) is 5.75 Å². The highest BCUT2D eigenvalue weighted by atomic mass is 16.5. The van der Waals surface area contributed by atoms with E-state index in [0.29, 0.717) is 52.0 Å². The van der Waals surface area contributed by atoms with Crippen LogP contribution in [0.15, 0.2) is 48.5 Å². The van der Waals surface area contributed by atoms with E-state index in [1.165, 1.54) is 7.11 Å². The van der Waals surface area contributed by atoms with Crippen LogP contribution in [0.2, 0.25) is 0 Å². The molecule has 0 spiro atoms. The molecule has 3 unspecified atom stereocenters. The second-order valence-corrected chi connectivity index (χ2v) is 11.8. The Morgan fingerprint density at radius 2 is 1.60 bits per heavy atom. The van der Waals surface area contributed by atoms with Crippen LogP contribution in [0.5, 0.6) is 5.75 Å². The van der Waals surface area contributed by atoms with Crippen molar-refractivity contribution in [3.63, 3.8) is 0 Å². The van der Waals surface area contributed by atoms with Crippen LogP contribution in [0.1, 0.15) is 56.9 Å². The van der Waals surface area contributed by atoms with Gasteiger partial charge in [0.05, 0.1) is 32.0 Å². The number of anilines is 2. The maximum Gasteiger partial charge on any atom is 0.414 e. The first-order chi connectivity index (χ1) is 22.7. The van der Waals surface area contributed by atoms with Gasteiger partial charge in [0.2, 0.25) is 17.7 Å². The van der Waals surface area contributed by atoms with Crippen LogP contribution < -0.4 is 25.2 Å². The van der Waals surface area contributed by atoms with E-state index >= 15 is 0 Å². The highest BCUT2D eigenvalue weighted by Crippen LogP contribution is 2.38. The topological polar surface area (TPSA) is 158 Å². The number of hydrogen-bond donors (Lipinski definition) is 3. The SMILES string of the molecule is CCCCC(NC(=O)CCC1CN(C(=O)OC)c2ccccc21)C(=O)NC(CC(=O)N1CCN(c2ccccc2OC)CC1)C(=O)O. The minimum Gasteiger partial charge on any atom is -0.495 e. The lowest BCUT2D eigenvalue weighted by Gasteiger charge is -2.37. The number of carboxylic acids is 1. The highest BCUT2D eigenvalue weighted by Gasteiger charge is 2.34. The van der Waals surface area contributed by atoms with Gasteiger partial charge in [0.15, 0.2) is 0 Å². The molecule has 2 heterocycles. The predicted molar refractivity (Wildman–Crippen MR) is 176 cm³/mol. The largest absolute Gasteiger partial charge is 0.495 e. The third-order valence-corrected chi connectivity index (χ3v) is 8.73. The smallest absolute Gasteiger partial charge is 0.414 e. The van der Waals surface area contributed by atoms with Crippen molar-refractivity contribution >= 4 is 41.2 Å². The molecule has 254 valence electrons. The Morgan fingerprint density at radius 1 is 0.915 bits per heavy atom. The number of unbranched alkanes of at least 4 members (excludes halogenated alkanes) is 1. The number of hydrogen-bond acceptors (Lipinski definition) is 8. The fraction of sp³-hybridized carbons (Fsp3) is 0.500. The zero-order valence-electron chi connectivity index (χ0n) is 27.3. The molecule has 3 N–H and O–H groups in total. The quantitative estimate of drug-likeness (QED) is 0.279. The molecule has 0 aromatic heterocycles. The number of carboxylic acid groups (broad SMARTS) is 1. The third-order valence-electron chi connectivity index (χ3n) is 8.73. The van der Waals surface area contributed by atoms with Gasteiger partial charge in [-0.05, 0) is 36.6 Å². The van der Waals surface area contributed by atoms with Crippen molar-refractivity contribution in [1.82, 2.24) is 15.5 Å². The number of carbonyl (C=O) groups is 5. The zero-order chi connectivity index (χ0) is 33.9. The number of para-hydroxylation sites is 3. The molecule has 2 aromatic rings. The van der Waals surface area contributed by atoms with Crippen LogP contribution in [0.25, 0.3) is 0 Å². The Balaban J connectivity index is 1.31. The summed E-state index contributed by atoms with van der Waals surface area (Å²) in [5, 5.41) is 15.2. The lowest BCUT2D eigenvalue weighted by molar-refractivity contribution is -0.145. The second kappa shape index (κ2) is 16.7. The van der Waals surface area contributed by atoms with E-state index < -0.39 is 36.5 Å². The van der Waals surface area contributed by atoms with Gasteiger partial charge >= 0.3 is 12.1 Å². The molecule has 2 aliphatic rings. The first kappa shape index (κ1) is 35.1. The molecule has 4 rings (SSSR count). The first-order valence-electron chi connectivity index (χ1n) is 16.1. The molecule has 0 saturated carbocycles. The summed E-state index contributed by atoms with van der Waals surface area (Å²) in [6, 6.07) is 12.7. The molecule has 3 atom stereocenters. The van der Waals surface area contributed by atoms with Crippen LogP contribution in [-0.2, 0) is 23.9 Å². The molecule has 1 saturated heterocycles. The normalized spacial score (nSPS) is 16.9. The molecule has 2 aromatic carbocycles. The summed E-state index contributed by atoms with van der Waals surface area (Å²) < 4.78 is 10.4. The number of ether oxygens (including phenoxy) is 2. The van der Waals surface area contributed by atoms with Crippen molar-refractivity contribution in [2.24, 2.45) is 0 Å². The number of benzene rings is 2. The van der Waals surface area contributed by atoms with Gasteiger partial charge in [0, 0.05) is 45.1 Å². The van der Waals surface area contributed by atoms with E-state index in [1.807, 2.05) is 55.5 Å². The van der Waals surface area contributed by atoms with Gasteiger partial charge in [0.1, 0.15) is 17.8 Å². The van der Waals surface area contributed by atoms with Crippen molar-refractivity contribution in [1.29, 1.82) is 0 Å². The molecule has 13 heteroatoms. The van der Waals surface area contributed by atoms with Crippen molar-refractivity contribution in [2.45, 2.75) is 63.5 Å². The molecule has 0 aliphatic carbocycles. The van der Waals surface area contributed by atoms with Crippen molar-refractivity contribution < 1.29 is 38.6 Å². The van der Waals surface area contributed by atoms with Gasteiger partial charge in [-0.25, -0.2) is 9.59 Å². The predicted octanol–water partition coefficient (Wildman–Crippen LogP) is 3.13. The summed E-state index contributed by atoms with van der Waals surface area (Å²) in [6.45, 7) is 4.23. The van der Waals surface area contributed by atoms with Gasteiger partial charge in [-0.15, -0.1) is 0 Å². The average Bonchev–Trinajstić information content (AvgIpc) is 3.47. The summed E-state index contributed by atoms with van der Waals surface area (Å²) in [4.78, 5) is 69.1. The molecular formula is C34H45N5O8. The van der Waals surface area contributed by atoms with E-state index in [2.05, 4.69) is 15.5 Å². The number of amides is 4. The van der Waals surface area contributed by atoms with E-state index in [9.17, 15) is 29.1 Å². The summed E-state index contributed by atoms with van der Waals surface area (Å²) in [6.07, 6.45) is 1.39. The van der Waals surface area contributed by atoms with E-state index in [0.717, 1.165) is 29.1 Å². The fourth-order valence-corrected chi connectivity index (χ4v) is 6.14. The van der Waals surface area contributed by atoms with Crippen molar-refractivity contribution in [3.05, 3.63) is 54.1 Å². The Labute approximate surface area is 275 Å². The van der Waals surface area contributed by atoms with Crippen LogP contribution in [0.3, 0.4) is 0 Å². The lowest BCUT2D eigenvalue weighted by Crippen LogP contribution is -2.54. The average molecular weight is 652 g/mol. The Morgan fingerprint density at radius 3 is 2.26 bits per heavy atom. The molecule has 0 bridgehead atoms. The first-order valence-corrected chi connectivity index (χ1v) is 16.1. The summed E-state index contributed by atoms with van der Waals surface area (Å²) >= 11 is 0. The second-order valence-electron chi connectivity index (χ2n) is 11.8. The number of nitrogens with zero attached hydrogens (tertiary/aromatic N) is 3. The molecule has 1 fully saturated rings. The number of nitrogens with one attached hydrogen (secondary N) is 2. The maximum atomic E-state index is 13.3. The number of carbonyl (C=O) groups excluding carboxylic acids is 4. The minimum atomic E-state index is -1.44. The van der Waals surface area contributed by atoms with Gasteiger partial charge in [-0.1, -0.05) is 50.1 Å². The van der Waals surface area contributed by atoms with Crippen molar-refractivity contribution in [2.75, 3.05) is 56.7 Å². The van der Waals surface area contributed by atoms with Gasteiger partial charge in [0.25, 0.3) is 0 Å². The Kier molecular flexibility index (Phi) is 12.4. The molecule has 4 amide bonds. The number of rotatable bonds is 14. The monoisotopic (exact) mass is 651 g/mol. The van der Waals surface area contributed by atoms with Gasteiger partial charge < -0.3 is 35.0 Å². The lowest BCUT2D eigenvalue weighted by atomic mass is 9.96. The number of fused-ring (bicyclic) bond motifs is 1. The third kappa shape index (κ3) is 8.93. The zero-order valence-corrected chi connectivity index (χ0v) is 27.3. The molecule has 13 nitrogen and oxygen atoms in total. The van der Waals surface area contributed by atoms with Crippen LogP contribution in [0, 0.1) is 0 Å². The van der Waals surface area contributed by atoms with Crippen LogP contribution >= 0.6 is 0 Å². The summed E-state index contributed by atoms with van der Waals surface area (Å²) in [5.41, 5.74) is 2.62. The number of methoxy groups -OCH3 is 2. The molecule has 0 radical (unpaired) electrons. The highest BCUT2D eigenvalue weighted by molar-refractivity contribution is 5.93.